The number of aliphatic hydroxyl groups excluding tert-OH is 1. The van der Waals surface area contributed by atoms with E-state index in [0.717, 1.165) is 13.0 Å². The molecule has 1 unspecified atom stereocenters. The molecule has 0 aromatic carbocycles. The zero-order chi connectivity index (χ0) is 10.9. The molecular formula is C12H25NO2. The van der Waals surface area contributed by atoms with Crippen LogP contribution in [0.3, 0.4) is 0 Å². The van der Waals surface area contributed by atoms with Crippen LogP contribution >= 0.6 is 0 Å². The maximum Gasteiger partial charge on any atom is 0.0897 e. The summed E-state index contributed by atoms with van der Waals surface area (Å²) < 4.78 is 5.69. The minimum Gasteiger partial charge on any atom is -0.389 e. The summed E-state index contributed by atoms with van der Waals surface area (Å²) in [5.41, 5.74) is 0. The smallest absolute Gasteiger partial charge is 0.0897 e. The van der Waals surface area contributed by atoms with Crippen LogP contribution < -0.4 is 5.32 Å². The molecule has 1 aliphatic rings. The molecule has 15 heavy (non-hydrogen) atoms. The van der Waals surface area contributed by atoms with Crippen molar-refractivity contribution >= 4 is 0 Å². The molecule has 0 radical (unpaired) electrons. The Hall–Kier alpha value is -0.120. The molecule has 0 bridgehead atoms. The Bertz CT molecular complexity index is 147. The van der Waals surface area contributed by atoms with Crippen molar-refractivity contribution in [3.8, 4) is 0 Å². The van der Waals surface area contributed by atoms with Crippen LogP contribution in [0, 0.1) is 0 Å². The van der Waals surface area contributed by atoms with Crippen molar-refractivity contribution in [1.82, 2.24) is 5.32 Å². The lowest BCUT2D eigenvalue weighted by atomic mass is 9.98. The fourth-order valence-electron chi connectivity index (χ4n) is 1.98. The Morgan fingerprint density at radius 2 is 2.07 bits per heavy atom. The number of hydrogen-bond acceptors (Lipinski definition) is 3. The third-order valence-electron chi connectivity index (χ3n) is 2.88. The van der Waals surface area contributed by atoms with Crippen LogP contribution in [0.1, 0.15) is 45.4 Å². The molecule has 0 aromatic rings. The lowest BCUT2D eigenvalue weighted by Gasteiger charge is -2.23. The first kappa shape index (κ1) is 12.9. The van der Waals surface area contributed by atoms with E-state index in [4.69, 9.17) is 4.74 Å². The standard InChI is InChI=1S/C12H25NO2/c1-2-8-13-9-11(14)10-15-12-6-4-3-5-7-12/h11-14H,2-10H2,1H3. The van der Waals surface area contributed by atoms with Gasteiger partial charge in [-0.25, -0.2) is 0 Å². The van der Waals surface area contributed by atoms with Crippen molar-refractivity contribution in [1.29, 1.82) is 0 Å². The average molecular weight is 215 g/mol. The quantitative estimate of drug-likeness (QED) is 0.635. The van der Waals surface area contributed by atoms with Crippen molar-refractivity contribution in [2.45, 2.75) is 57.7 Å². The van der Waals surface area contributed by atoms with Crippen LogP contribution in [0.15, 0.2) is 0 Å². The highest BCUT2D eigenvalue weighted by atomic mass is 16.5. The summed E-state index contributed by atoms with van der Waals surface area (Å²) in [6.07, 6.45) is 7.43. The summed E-state index contributed by atoms with van der Waals surface area (Å²) in [7, 11) is 0. The fourth-order valence-corrected chi connectivity index (χ4v) is 1.98. The molecule has 3 heteroatoms. The molecule has 0 amide bonds. The SMILES string of the molecule is CCCNCC(O)COC1CCCCC1. The average Bonchev–Trinajstić information content (AvgIpc) is 2.28. The summed E-state index contributed by atoms with van der Waals surface area (Å²) in [6, 6.07) is 0. The van der Waals surface area contributed by atoms with Gasteiger partial charge in [-0.15, -0.1) is 0 Å². The molecule has 0 aliphatic heterocycles. The Morgan fingerprint density at radius 1 is 1.33 bits per heavy atom. The van der Waals surface area contributed by atoms with E-state index in [1.54, 1.807) is 0 Å². The molecule has 2 N–H and O–H groups in total. The van der Waals surface area contributed by atoms with Crippen molar-refractivity contribution in [3.05, 3.63) is 0 Å². The third kappa shape index (κ3) is 6.13. The molecule has 0 spiro atoms. The molecule has 1 rings (SSSR count). The number of nitrogens with one attached hydrogen (secondary N) is 1. The molecule has 0 saturated heterocycles. The largest absolute Gasteiger partial charge is 0.389 e. The zero-order valence-electron chi connectivity index (χ0n) is 9.87. The van der Waals surface area contributed by atoms with Gasteiger partial charge in [0.05, 0.1) is 18.8 Å². The Labute approximate surface area is 93.2 Å². The van der Waals surface area contributed by atoms with Gasteiger partial charge in [0, 0.05) is 6.54 Å². The number of ether oxygens (including phenoxy) is 1. The molecule has 1 fully saturated rings. The van der Waals surface area contributed by atoms with Gasteiger partial charge in [0.25, 0.3) is 0 Å². The van der Waals surface area contributed by atoms with Crippen LogP contribution in [0.25, 0.3) is 0 Å². The van der Waals surface area contributed by atoms with E-state index in [9.17, 15) is 5.11 Å². The topological polar surface area (TPSA) is 41.5 Å². The summed E-state index contributed by atoms with van der Waals surface area (Å²) in [4.78, 5) is 0. The van der Waals surface area contributed by atoms with Crippen LogP contribution in [-0.4, -0.2) is 37.0 Å². The van der Waals surface area contributed by atoms with E-state index < -0.39 is 0 Å². The van der Waals surface area contributed by atoms with E-state index in [2.05, 4.69) is 12.2 Å². The normalized spacial score (nSPS) is 20.4. The van der Waals surface area contributed by atoms with Crippen molar-refractivity contribution < 1.29 is 9.84 Å². The monoisotopic (exact) mass is 215 g/mol. The molecule has 0 heterocycles. The molecule has 90 valence electrons. The fraction of sp³-hybridized carbons (Fsp3) is 1.00. The van der Waals surface area contributed by atoms with E-state index in [1.165, 1.54) is 32.1 Å². The second-order valence-electron chi connectivity index (χ2n) is 4.45. The summed E-state index contributed by atoms with van der Waals surface area (Å²) in [5, 5.41) is 12.8. The van der Waals surface area contributed by atoms with Crippen LogP contribution in [0.4, 0.5) is 0 Å². The van der Waals surface area contributed by atoms with E-state index in [0.29, 0.717) is 19.3 Å². The maximum atomic E-state index is 9.62. The predicted octanol–water partition coefficient (Wildman–Crippen LogP) is 1.70. The summed E-state index contributed by atoms with van der Waals surface area (Å²) in [6.45, 7) is 4.24. The predicted molar refractivity (Wildman–Crippen MR) is 62.0 cm³/mol. The van der Waals surface area contributed by atoms with Gasteiger partial charge in [-0.2, -0.15) is 0 Å². The highest BCUT2D eigenvalue weighted by molar-refractivity contribution is 4.67. The van der Waals surface area contributed by atoms with Gasteiger partial charge in [-0.3, -0.25) is 0 Å². The zero-order valence-corrected chi connectivity index (χ0v) is 9.87. The van der Waals surface area contributed by atoms with Crippen molar-refractivity contribution in [2.24, 2.45) is 0 Å². The van der Waals surface area contributed by atoms with E-state index in [-0.39, 0.29) is 6.10 Å². The van der Waals surface area contributed by atoms with Gasteiger partial charge < -0.3 is 15.2 Å². The maximum absolute atomic E-state index is 9.62. The van der Waals surface area contributed by atoms with Gasteiger partial charge in [-0.1, -0.05) is 26.2 Å². The van der Waals surface area contributed by atoms with Gasteiger partial charge in [0.1, 0.15) is 0 Å². The number of rotatable bonds is 7. The van der Waals surface area contributed by atoms with Crippen LogP contribution in [-0.2, 0) is 4.74 Å². The Kier molecular flexibility index (Phi) is 6.98. The molecular weight excluding hydrogens is 190 g/mol. The molecule has 1 atom stereocenters. The second-order valence-corrected chi connectivity index (χ2v) is 4.45. The van der Waals surface area contributed by atoms with Gasteiger partial charge in [0.2, 0.25) is 0 Å². The van der Waals surface area contributed by atoms with Crippen molar-refractivity contribution in [3.63, 3.8) is 0 Å². The molecule has 3 nitrogen and oxygen atoms in total. The molecule has 0 aromatic heterocycles. The summed E-state index contributed by atoms with van der Waals surface area (Å²) in [5.74, 6) is 0. The first-order valence-electron chi connectivity index (χ1n) is 6.33. The van der Waals surface area contributed by atoms with Gasteiger partial charge in [0.15, 0.2) is 0 Å². The first-order chi connectivity index (χ1) is 7.33. The van der Waals surface area contributed by atoms with Gasteiger partial charge >= 0.3 is 0 Å². The first-order valence-corrected chi connectivity index (χ1v) is 6.33. The third-order valence-corrected chi connectivity index (χ3v) is 2.88. The van der Waals surface area contributed by atoms with Gasteiger partial charge in [-0.05, 0) is 25.8 Å². The minimum absolute atomic E-state index is 0.349. The van der Waals surface area contributed by atoms with E-state index in [1.807, 2.05) is 0 Å². The van der Waals surface area contributed by atoms with Crippen LogP contribution in [0.5, 0.6) is 0 Å². The number of hydrogen-bond donors (Lipinski definition) is 2. The number of aliphatic hydroxyl groups is 1. The van der Waals surface area contributed by atoms with Crippen LogP contribution in [0.2, 0.25) is 0 Å². The Morgan fingerprint density at radius 3 is 2.73 bits per heavy atom. The summed E-state index contributed by atoms with van der Waals surface area (Å²) >= 11 is 0. The minimum atomic E-state index is -0.349. The highest BCUT2D eigenvalue weighted by Gasteiger charge is 2.15. The lowest BCUT2D eigenvalue weighted by molar-refractivity contribution is -0.0228. The molecule has 1 aliphatic carbocycles. The van der Waals surface area contributed by atoms with E-state index >= 15 is 0 Å². The second kappa shape index (κ2) is 8.08. The highest BCUT2D eigenvalue weighted by Crippen LogP contribution is 2.20. The van der Waals surface area contributed by atoms with Crippen molar-refractivity contribution in [2.75, 3.05) is 19.7 Å². The molecule has 1 saturated carbocycles. The Balaban J connectivity index is 1.97. The lowest BCUT2D eigenvalue weighted by Crippen LogP contribution is -2.32.